The van der Waals surface area contributed by atoms with Gasteiger partial charge in [0, 0.05) is 15.0 Å². The topological polar surface area (TPSA) is 26.3 Å². The van der Waals surface area contributed by atoms with Gasteiger partial charge in [-0.25, -0.2) is 4.79 Å². The summed E-state index contributed by atoms with van der Waals surface area (Å²) in [6.07, 6.45) is 3.13. The van der Waals surface area contributed by atoms with Crippen molar-refractivity contribution >= 4 is 43.9 Å². The summed E-state index contributed by atoms with van der Waals surface area (Å²) in [5.74, 6) is -0.327. The monoisotopic (exact) mass is 332 g/mol. The third-order valence-corrected chi connectivity index (χ3v) is 2.83. The first kappa shape index (κ1) is 12.5. The minimum Gasteiger partial charge on any atom is -0.463 e. The van der Waals surface area contributed by atoms with E-state index in [1.807, 2.05) is 18.2 Å². The summed E-state index contributed by atoms with van der Waals surface area (Å²) in [5, 5.41) is 0. The lowest BCUT2D eigenvalue weighted by Gasteiger charge is -1.99. The average Bonchev–Trinajstić information content (AvgIpc) is 2.17. The molecule has 1 aromatic rings. The summed E-state index contributed by atoms with van der Waals surface area (Å²) in [5.41, 5.74) is 0.936. The van der Waals surface area contributed by atoms with Crippen LogP contribution < -0.4 is 0 Å². The first-order valence-electron chi connectivity index (χ1n) is 4.43. The van der Waals surface area contributed by atoms with E-state index in [2.05, 4.69) is 31.9 Å². The van der Waals surface area contributed by atoms with Gasteiger partial charge in [0.15, 0.2) is 0 Å². The molecule has 0 fully saturated rings. The fourth-order valence-corrected chi connectivity index (χ4v) is 2.16. The van der Waals surface area contributed by atoms with Gasteiger partial charge in [-0.05, 0) is 30.7 Å². The Bertz CT molecular complexity index is 386. The summed E-state index contributed by atoms with van der Waals surface area (Å²) in [6.45, 7) is 2.17. The number of carbonyl (C=O) groups excluding carboxylic acids is 1. The molecule has 1 rings (SSSR count). The highest BCUT2D eigenvalue weighted by atomic mass is 79.9. The molecule has 0 aromatic heterocycles. The zero-order valence-corrected chi connectivity index (χ0v) is 11.3. The zero-order chi connectivity index (χ0) is 11.3. The predicted molar refractivity (Wildman–Crippen MR) is 67.5 cm³/mol. The highest BCUT2D eigenvalue weighted by Gasteiger charge is 1.98. The van der Waals surface area contributed by atoms with Crippen LogP contribution in [0.25, 0.3) is 6.08 Å². The maximum atomic E-state index is 11.1. The smallest absolute Gasteiger partial charge is 0.330 e. The van der Waals surface area contributed by atoms with Crippen molar-refractivity contribution in [2.75, 3.05) is 6.61 Å². The summed E-state index contributed by atoms with van der Waals surface area (Å²) in [4.78, 5) is 11.1. The Morgan fingerprint density at radius 1 is 1.47 bits per heavy atom. The first-order valence-corrected chi connectivity index (χ1v) is 6.02. The predicted octanol–water partition coefficient (Wildman–Crippen LogP) is 3.79. The van der Waals surface area contributed by atoms with Gasteiger partial charge in [0.25, 0.3) is 0 Å². The number of esters is 1. The van der Waals surface area contributed by atoms with Gasteiger partial charge < -0.3 is 4.74 Å². The minimum atomic E-state index is -0.327. The molecular weight excluding hydrogens is 324 g/mol. The van der Waals surface area contributed by atoms with Gasteiger partial charge in [0.2, 0.25) is 0 Å². The van der Waals surface area contributed by atoms with E-state index in [1.165, 1.54) is 6.08 Å². The van der Waals surface area contributed by atoms with Crippen molar-refractivity contribution in [1.29, 1.82) is 0 Å². The van der Waals surface area contributed by atoms with Gasteiger partial charge in [0.05, 0.1) is 6.61 Å². The number of hydrogen-bond donors (Lipinski definition) is 0. The molecule has 0 aliphatic carbocycles. The Morgan fingerprint density at radius 2 is 2.20 bits per heavy atom. The summed E-state index contributed by atoms with van der Waals surface area (Å²) >= 11 is 6.76. The molecule has 0 spiro atoms. The number of ether oxygens (including phenoxy) is 1. The van der Waals surface area contributed by atoms with E-state index in [-0.39, 0.29) is 5.97 Å². The molecule has 0 radical (unpaired) electrons. The molecule has 0 bridgehead atoms. The molecule has 0 unspecified atom stereocenters. The summed E-state index contributed by atoms with van der Waals surface area (Å²) in [6, 6.07) is 5.74. The van der Waals surface area contributed by atoms with Crippen LogP contribution >= 0.6 is 31.9 Å². The van der Waals surface area contributed by atoms with E-state index in [9.17, 15) is 4.79 Å². The second-order valence-corrected chi connectivity index (χ2v) is 4.52. The van der Waals surface area contributed by atoms with Crippen LogP contribution in [-0.2, 0) is 9.53 Å². The molecule has 0 heterocycles. The molecule has 0 atom stereocenters. The second-order valence-electron chi connectivity index (χ2n) is 2.75. The van der Waals surface area contributed by atoms with E-state index >= 15 is 0 Å². The highest BCUT2D eigenvalue weighted by Crippen LogP contribution is 2.22. The highest BCUT2D eigenvalue weighted by molar-refractivity contribution is 9.11. The third-order valence-electron chi connectivity index (χ3n) is 1.65. The molecule has 4 heteroatoms. The average molecular weight is 334 g/mol. The fourth-order valence-electron chi connectivity index (χ4n) is 0.985. The Hall–Kier alpha value is -0.610. The van der Waals surface area contributed by atoms with Crippen molar-refractivity contribution in [3.8, 4) is 0 Å². The Kier molecular flexibility index (Phi) is 5.05. The van der Waals surface area contributed by atoms with Gasteiger partial charge in [-0.2, -0.15) is 0 Å². The number of benzene rings is 1. The minimum absolute atomic E-state index is 0.327. The molecule has 2 nitrogen and oxygen atoms in total. The van der Waals surface area contributed by atoms with E-state index in [4.69, 9.17) is 4.74 Å². The van der Waals surface area contributed by atoms with Crippen LogP contribution in [0, 0.1) is 0 Å². The van der Waals surface area contributed by atoms with Crippen LogP contribution in [0.5, 0.6) is 0 Å². The van der Waals surface area contributed by atoms with Crippen LogP contribution in [0.1, 0.15) is 12.5 Å². The van der Waals surface area contributed by atoms with E-state index < -0.39 is 0 Å². The lowest BCUT2D eigenvalue weighted by Crippen LogP contribution is -1.98. The summed E-state index contributed by atoms with van der Waals surface area (Å²) < 4.78 is 6.69. The SMILES string of the molecule is CCOC(=O)C=Cc1ccc(Br)cc1Br. The van der Waals surface area contributed by atoms with Crippen molar-refractivity contribution in [2.24, 2.45) is 0 Å². The van der Waals surface area contributed by atoms with Crippen LogP contribution in [0.3, 0.4) is 0 Å². The molecule has 0 N–H and O–H groups in total. The van der Waals surface area contributed by atoms with E-state index in [1.54, 1.807) is 13.0 Å². The third kappa shape index (κ3) is 4.18. The zero-order valence-electron chi connectivity index (χ0n) is 8.17. The number of halogens is 2. The molecule has 0 aliphatic heterocycles. The molecule has 15 heavy (non-hydrogen) atoms. The number of carbonyl (C=O) groups is 1. The fraction of sp³-hybridized carbons (Fsp3) is 0.182. The maximum absolute atomic E-state index is 11.1. The van der Waals surface area contributed by atoms with Crippen molar-refractivity contribution in [3.05, 3.63) is 38.8 Å². The molecule has 0 saturated carbocycles. The van der Waals surface area contributed by atoms with Gasteiger partial charge >= 0.3 is 5.97 Å². The molecule has 1 aromatic carbocycles. The largest absolute Gasteiger partial charge is 0.463 e. The lowest BCUT2D eigenvalue weighted by molar-refractivity contribution is -0.137. The molecule has 0 aliphatic rings. The van der Waals surface area contributed by atoms with Gasteiger partial charge in [-0.1, -0.05) is 37.9 Å². The molecule has 0 saturated heterocycles. The number of rotatable bonds is 3. The molecule has 0 amide bonds. The van der Waals surface area contributed by atoms with Crippen molar-refractivity contribution in [3.63, 3.8) is 0 Å². The van der Waals surface area contributed by atoms with Crippen molar-refractivity contribution in [1.82, 2.24) is 0 Å². The lowest BCUT2D eigenvalue weighted by atomic mass is 10.2. The first-order chi connectivity index (χ1) is 7.13. The van der Waals surface area contributed by atoms with E-state index in [0.717, 1.165) is 14.5 Å². The molecule has 80 valence electrons. The van der Waals surface area contributed by atoms with Crippen LogP contribution in [-0.4, -0.2) is 12.6 Å². The van der Waals surface area contributed by atoms with Crippen molar-refractivity contribution < 1.29 is 9.53 Å². The van der Waals surface area contributed by atoms with Gasteiger partial charge in [-0.15, -0.1) is 0 Å². The normalized spacial score (nSPS) is 10.6. The maximum Gasteiger partial charge on any atom is 0.330 e. The Labute approximate surface area is 106 Å². The van der Waals surface area contributed by atoms with Crippen LogP contribution in [0.2, 0.25) is 0 Å². The van der Waals surface area contributed by atoms with Gasteiger partial charge in [-0.3, -0.25) is 0 Å². The Morgan fingerprint density at radius 3 is 2.80 bits per heavy atom. The van der Waals surface area contributed by atoms with E-state index in [0.29, 0.717) is 6.61 Å². The number of hydrogen-bond acceptors (Lipinski definition) is 2. The van der Waals surface area contributed by atoms with Crippen molar-refractivity contribution in [2.45, 2.75) is 6.92 Å². The quantitative estimate of drug-likeness (QED) is 0.621. The second kappa shape index (κ2) is 6.08. The van der Waals surface area contributed by atoms with Crippen LogP contribution in [0.15, 0.2) is 33.2 Å². The van der Waals surface area contributed by atoms with Crippen LogP contribution in [0.4, 0.5) is 0 Å². The Balaban J connectivity index is 2.76. The van der Waals surface area contributed by atoms with Gasteiger partial charge in [0.1, 0.15) is 0 Å². The standard InChI is InChI=1S/C11H10Br2O2/c1-2-15-11(14)6-4-8-3-5-9(12)7-10(8)13/h3-7H,2H2,1H3. The summed E-state index contributed by atoms with van der Waals surface area (Å²) in [7, 11) is 0. The molecular formula is C11H10Br2O2.